The molecule has 0 bridgehead atoms. The van der Waals surface area contributed by atoms with Crippen LogP contribution in [0.25, 0.3) is 10.9 Å². The number of nitrogens with zero attached hydrogens (tertiary/aromatic N) is 5. The van der Waals surface area contributed by atoms with Crippen LogP contribution in [-0.2, 0) is 26.1 Å². The summed E-state index contributed by atoms with van der Waals surface area (Å²) in [4.78, 5) is 19.7. The number of aromatic nitrogens is 5. The highest BCUT2D eigenvalue weighted by Gasteiger charge is 2.26. The summed E-state index contributed by atoms with van der Waals surface area (Å²) in [5.41, 5.74) is 3.93. The van der Waals surface area contributed by atoms with Gasteiger partial charge in [0.2, 0.25) is 0 Å². The molecule has 0 aliphatic heterocycles. The molecule has 0 fully saturated rings. The Morgan fingerprint density at radius 3 is 2.69 bits per heavy atom. The molecular weight excluding hydrogens is 468 g/mol. The number of fused-ring (bicyclic) bond motifs is 1. The Labute approximate surface area is 214 Å². The van der Waals surface area contributed by atoms with E-state index >= 15 is 0 Å². The molecule has 8 heteroatoms. The van der Waals surface area contributed by atoms with Crippen molar-refractivity contribution in [2.75, 3.05) is 0 Å². The Morgan fingerprint density at radius 2 is 1.92 bits per heavy atom. The van der Waals surface area contributed by atoms with Crippen LogP contribution in [0.15, 0.2) is 76.9 Å². The number of benzene rings is 2. The van der Waals surface area contributed by atoms with E-state index in [-0.39, 0.29) is 11.6 Å². The lowest BCUT2D eigenvalue weighted by molar-refractivity contribution is 0.162. The number of thiophene rings is 1. The van der Waals surface area contributed by atoms with Crippen molar-refractivity contribution in [3.05, 3.63) is 110 Å². The first-order valence-corrected chi connectivity index (χ1v) is 13.2. The molecule has 184 valence electrons. The van der Waals surface area contributed by atoms with Gasteiger partial charge in [0.1, 0.15) is 0 Å². The summed E-state index contributed by atoms with van der Waals surface area (Å²) in [7, 11) is 0. The molecule has 0 radical (unpaired) electrons. The van der Waals surface area contributed by atoms with Gasteiger partial charge in [-0.05, 0) is 70.3 Å². The van der Waals surface area contributed by atoms with E-state index in [1.807, 2.05) is 29.8 Å². The normalized spacial score (nSPS) is 12.4. The maximum Gasteiger partial charge on any atom is 0.252 e. The van der Waals surface area contributed by atoms with Crippen molar-refractivity contribution in [1.82, 2.24) is 30.1 Å². The van der Waals surface area contributed by atoms with Crippen LogP contribution in [0.3, 0.4) is 0 Å². The molecule has 0 amide bonds. The molecule has 36 heavy (non-hydrogen) atoms. The average molecular weight is 499 g/mol. The molecule has 7 nitrogen and oxygen atoms in total. The van der Waals surface area contributed by atoms with Gasteiger partial charge in [-0.1, -0.05) is 55.5 Å². The SMILES string of the molecule is CC[C@H](c1nnnn1CCc1ccccc1)N(Cc1cccs1)Cc1cc2ccc(C)cc2[nH]c1=O. The van der Waals surface area contributed by atoms with Crippen LogP contribution in [0.1, 0.15) is 46.8 Å². The van der Waals surface area contributed by atoms with Crippen molar-refractivity contribution in [1.29, 1.82) is 0 Å². The first-order valence-electron chi connectivity index (χ1n) is 12.3. The van der Waals surface area contributed by atoms with Gasteiger partial charge in [0.15, 0.2) is 5.82 Å². The predicted molar refractivity (Wildman–Crippen MR) is 144 cm³/mol. The standard InChI is InChI=1S/C28H30N6OS/c1-3-26(27-30-31-32-34(27)14-13-21-8-5-4-6-9-21)33(19-24-10-7-15-36-24)18-23-17-22-12-11-20(2)16-25(22)29-28(23)35/h4-12,15-17,26H,3,13-14,18-19H2,1-2H3,(H,29,35)/t26-/m1/s1. The van der Waals surface area contributed by atoms with Gasteiger partial charge in [-0.25, -0.2) is 4.68 Å². The maximum atomic E-state index is 13.1. The topological polar surface area (TPSA) is 79.7 Å². The molecule has 5 aromatic rings. The van der Waals surface area contributed by atoms with E-state index in [1.54, 1.807) is 11.3 Å². The first-order chi connectivity index (χ1) is 17.6. The van der Waals surface area contributed by atoms with E-state index < -0.39 is 0 Å². The highest BCUT2D eigenvalue weighted by atomic mass is 32.1. The van der Waals surface area contributed by atoms with Gasteiger partial charge < -0.3 is 4.98 Å². The van der Waals surface area contributed by atoms with Crippen molar-refractivity contribution < 1.29 is 0 Å². The van der Waals surface area contributed by atoms with Crippen molar-refractivity contribution in [3.8, 4) is 0 Å². The Hall–Kier alpha value is -3.62. The Kier molecular flexibility index (Phi) is 7.34. The molecular formula is C28H30N6OS. The lowest BCUT2D eigenvalue weighted by Crippen LogP contribution is -2.32. The molecule has 2 aromatic carbocycles. The molecule has 0 spiro atoms. The molecule has 0 saturated heterocycles. The molecule has 1 atom stereocenters. The summed E-state index contributed by atoms with van der Waals surface area (Å²) in [6.45, 7) is 6.09. The number of hydrogen-bond acceptors (Lipinski definition) is 6. The molecule has 0 unspecified atom stereocenters. The van der Waals surface area contributed by atoms with Crippen LogP contribution in [0.5, 0.6) is 0 Å². The number of H-pyrrole nitrogens is 1. The maximum absolute atomic E-state index is 13.1. The van der Waals surface area contributed by atoms with Gasteiger partial charge in [-0.2, -0.15) is 0 Å². The zero-order chi connectivity index (χ0) is 24.9. The lowest BCUT2D eigenvalue weighted by atomic mass is 10.1. The molecule has 3 heterocycles. The van der Waals surface area contributed by atoms with Gasteiger partial charge >= 0.3 is 0 Å². The van der Waals surface area contributed by atoms with Crippen LogP contribution in [0.2, 0.25) is 0 Å². The molecule has 5 rings (SSSR count). The fourth-order valence-electron chi connectivity index (χ4n) is 4.67. The summed E-state index contributed by atoms with van der Waals surface area (Å²) < 4.78 is 1.91. The molecule has 3 aromatic heterocycles. The van der Waals surface area contributed by atoms with E-state index in [0.717, 1.165) is 40.7 Å². The minimum Gasteiger partial charge on any atom is -0.322 e. The van der Waals surface area contributed by atoms with Crippen molar-refractivity contribution in [2.24, 2.45) is 0 Å². The van der Waals surface area contributed by atoms with Crippen LogP contribution < -0.4 is 5.56 Å². The van der Waals surface area contributed by atoms with Crippen LogP contribution in [-0.4, -0.2) is 30.1 Å². The van der Waals surface area contributed by atoms with Crippen LogP contribution >= 0.6 is 11.3 Å². The van der Waals surface area contributed by atoms with Gasteiger partial charge in [0.25, 0.3) is 5.56 Å². The van der Waals surface area contributed by atoms with E-state index in [0.29, 0.717) is 19.6 Å². The second-order valence-electron chi connectivity index (χ2n) is 9.12. The summed E-state index contributed by atoms with van der Waals surface area (Å²) in [5, 5.41) is 15.9. The number of aromatic amines is 1. The van der Waals surface area contributed by atoms with E-state index in [9.17, 15) is 4.79 Å². The minimum atomic E-state index is -0.0530. The second kappa shape index (κ2) is 11.0. The van der Waals surface area contributed by atoms with Crippen LogP contribution in [0, 0.1) is 6.92 Å². The van der Waals surface area contributed by atoms with Crippen molar-refractivity contribution in [3.63, 3.8) is 0 Å². The third-order valence-corrected chi connectivity index (χ3v) is 7.39. The fourth-order valence-corrected chi connectivity index (χ4v) is 5.40. The molecule has 0 saturated carbocycles. The van der Waals surface area contributed by atoms with Gasteiger partial charge in [0, 0.05) is 35.6 Å². The zero-order valence-electron chi connectivity index (χ0n) is 20.6. The number of tetrazole rings is 1. The Morgan fingerprint density at radius 1 is 1.06 bits per heavy atom. The largest absolute Gasteiger partial charge is 0.322 e. The van der Waals surface area contributed by atoms with Gasteiger partial charge in [0.05, 0.1) is 6.04 Å². The van der Waals surface area contributed by atoms with E-state index in [1.165, 1.54) is 10.4 Å². The summed E-state index contributed by atoms with van der Waals surface area (Å²) in [6, 6.07) is 22.7. The van der Waals surface area contributed by atoms with E-state index in [2.05, 4.69) is 86.2 Å². The Balaban J connectivity index is 1.45. The number of nitrogens with one attached hydrogen (secondary N) is 1. The molecule has 1 N–H and O–H groups in total. The molecule has 0 aliphatic carbocycles. The molecule has 0 aliphatic rings. The van der Waals surface area contributed by atoms with Gasteiger partial charge in [-0.3, -0.25) is 9.69 Å². The minimum absolute atomic E-state index is 0.0361. The quantitative estimate of drug-likeness (QED) is 0.283. The summed E-state index contributed by atoms with van der Waals surface area (Å²) >= 11 is 1.72. The highest BCUT2D eigenvalue weighted by Crippen LogP contribution is 2.28. The first kappa shape index (κ1) is 24.1. The number of pyridine rings is 1. The zero-order valence-corrected chi connectivity index (χ0v) is 21.4. The second-order valence-corrected chi connectivity index (χ2v) is 10.2. The lowest BCUT2D eigenvalue weighted by Gasteiger charge is -2.30. The predicted octanol–water partition coefficient (Wildman–Crippen LogP) is 5.28. The van der Waals surface area contributed by atoms with Crippen molar-refractivity contribution >= 4 is 22.2 Å². The van der Waals surface area contributed by atoms with E-state index in [4.69, 9.17) is 0 Å². The number of hydrogen-bond donors (Lipinski definition) is 1. The summed E-state index contributed by atoms with van der Waals surface area (Å²) in [6.07, 6.45) is 1.67. The van der Waals surface area contributed by atoms with Crippen LogP contribution in [0.4, 0.5) is 0 Å². The van der Waals surface area contributed by atoms with Gasteiger partial charge in [-0.15, -0.1) is 16.4 Å². The third kappa shape index (κ3) is 5.45. The summed E-state index contributed by atoms with van der Waals surface area (Å²) in [5.74, 6) is 0.831. The smallest absolute Gasteiger partial charge is 0.252 e. The third-order valence-electron chi connectivity index (χ3n) is 6.53. The number of aryl methyl sites for hydroxylation is 3. The monoisotopic (exact) mass is 498 g/mol. The van der Waals surface area contributed by atoms with Crippen molar-refractivity contribution in [2.45, 2.75) is 52.4 Å². The number of rotatable bonds is 10. The Bertz CT molecular complexity index is 1480. The average Bonchev–Trinajstić information content (AvgIpc) is 3.57. The fraction of sp³-hybridized carbons (Fsp3) is 0.286. The highest BCUT2D eigenvalue weighted by molar-refractivity contribution is 7.09.